The molecule has 1 heterocycles. The van der Waals surface area contributed by atoms with Crippen LogP contribution in [0.15, 0.2) is 53.4 Å². The Labute approximate surface area is 195 Å². The van der Waals surface area contributed by atoms with Crippen molar-refractivity contribution in [3.05, 3.63) is 54.1 Å². The van der Waals surface area contributed by atoms with Gasteiger partial charge in [0.2, 0.25) is 15.9 Å². The standard InChI is InChI=1S/C24H31N3O5S/c1-24(2,3)26-23(29)20-7-5-6-8-21(20)25-22(28)17-13-15-27(16-14-17)33(30,31)19-11-9-18(32-4)10-12-19/h5-12,17H,13-16H2,1-4H3,(H,25,28)(H,26,29). The number of hydrogen-bond acceptors (Lipinski definition) is 5. The van der Waals surface area contributed by atoms with Crippen molar-refractivity contribution in [3.63, 3.8) is 0 Å². The molecule has 0 unspecified atom stereocenters. The molecule has 3 rings (SSSR count). The van der Waals surface area contributed by atoms with Crippen molar-refractivity contribution >= 4 is 27.5 Å². The topological polar surface area (TPSA) is 105 Å². The lowest BCUT2D eigenvalue weighted by molar-refractivity contribution is -0.120. The largest absolute Gasteiger partial charge is 0.497 e. The van der Waals surface area contributed by atoms with Crippen LogP contribution >= 0.6 is 0 Å². The number of amides is 2. The van der Waals surface area contributed by atoms with E-state index in [9.17, 15) is 18.0 Å². The number of para-hydroxylation sites is 1. The highest BCUT2D eigenvalue weighted by Gasteiger charge is 2.32. The highest BCUT2D eigenvalue weighted by atomic mass is 32.2. The molecule has 0 atom stereocenters. The Balaban J connectivity index is 1.64. The predicted octanol–water partition coefficient (Wildman–Crippen LogP) is 3.26. The Morgan fingerprint density at radius 2 is 1.61 bits per heavy atom. The quantitative estimate of drug-likeness (QED) is 0.670. The number of methoxy groups -OCH3 is 1. The zero-order chi connectivity index (χ0) is 24.2. The minimum absolute atomic E-state index is 0.199. The van der Waals surface area contributed by atoms with Crippen molar-refractivity contribution < 1.29 is 22.7 Å². The summed E-state index contributed by atoms with van der Waals surface area (Å²) in [4.78, 5) is 25.7. The molecule has 0 saturated carbocycles. The van der Waals surface area contributed by atoms with E-state index >= 15 is 0 Å². The number of sulfonamides is 1. The zero-order valence-corrected chi connectivity index (χ0v) is 20.2. The van der Waals surface area contributed by atoms with Crippen molar-refractivity contribution in [3.8, 4) is 5.75 Å². The van der Waals surface area contributed by atoms with Crippen LogP contribution < -0.4 is 15.4 Å². The number of anilines is 1. The second kappa shape index (κ2) is 9.93. The molecule has 1 fully saturated rings. The molecule has 2 aromatic carbocycles. The number of ether oxygens (including phenoxy) is 1. The maximum atomic E-state index is 12.9. The molecule has 0 bridgehead atoms. The maximum absolute atomic E-state index is 12.9. The Hall–Kier alpha value is -2.91. The third-order valence-electron chi connectivity index (χ3n) is 5.44. The Morgan fingerprint density at radius 3 is 2.18 bits per heavy atom. The fourth-order valence-electron chi connectivity index (χ4n) is 3.69. The van der Waals surface area contributed by atoms with E-state index in [0.29, 0.717) is 29.8 Å². The van der Waals surface area contributed by atoms with Gasteiger partial charge in [-0.1, -0.05) is 12.1 Å². The van der Waals surface area contributed by atoms with E-state index in [1.807, 2.05) is 20.8 Å². The van der Waals surface area contributed by atoms with Gasteiger partial charge < -0.3 is 15.4 Å². The fraction of sp³-hybridized carbons (Fsp3) is 0.417. The van der Waals surface area contributed by atoms with E-state index < -0.39 is 15.6 Å². The molecule has 2 amide bonds. The molecule has 1 saturated heterocycles. The van der Waals surface area contributed by atoms with Gasteiger partial charge in [-0.05, 0) is 70.0 Å². The molecule has 1 aliphatic rings. The molecule has 9 heteroatoms. The summed E-state index contributed by atoms with van der Waals surface area (Å²) in [5.41, 5.74) is 0.425. The number of rotatable bonds is 6. The second-order valence-corrected chi connectivity index (χ2v) is 11.0. The number of piperidine rings is 1. The van der Waals surface area contributed by atoms with Crippen LogP contribution in [0.2, 0.25) is 0 Å². The molecule has 0 aromatic heterocycles. The molecule has 0 aliphatic carbocycles. The van der Waals surface area contributed by atoms with Crippen LogP contribution in [0.1, 0.15) is 44.0 Å². The average molecular weight is 474 g/mol. The van der Waals surface area contributed by atoms with Gasteiger partial charge in [0.1, 0.15) is 5.75 Å². The Bertz CT molecular complexity index is 1100. The number of hydrogen-bond donors (Lipinski definition) is 2. The fourth-order valence-corrected chi connectivity index (χ4v) is 5.16. The summed E-state index contributed by atoms with van der Waals surface area (Å²) in [6.45, 7) is 6.16. The lowest BCUT2D eigenvalue weighted by Gasteiger charge is -2.30. The van der Waals surface area contributed by atoms with E-state index in [2.05, 4.69) is 10.6 Å². The molecule has 0 spiro atoms. The van der Waals surface area contributed by atoms with Gasteiger partial charge in [0.15, 0.2) is 0 Å². The Morgan fingerprint density at radius 1 is 1.00 bits per heavy atom. The molecular weight excluding hydrogens is 442 g/mol. The van der Waals surface area contributed by atoms with E-state index in [-0.39, 0.29) is 35.7 Å². The number of benzene rings is 2. The zero-order valence-electron chi connectivity index (χ0n) is 19.4. The molecular formula is C24H31N3O5S. The first-order valence-corrected chi connectivity index (χ1v) is 12.3. The van der Waals surface area contributed by atoms with E-state index in [4.69, 9.17) is 4.74 Å². The summed E-state index contributed by atoms with van der Waals surface area (Å²) in [7, 11) is -2.11. The van der Waals surface area contributed by atoms with E-state index in [0.717, 1.165) is 0 Å². The van der Waals surface area contributed by atoms with Gasteiger partial charge in [-0.25, -0.2) is 8.42 Å². The monoisotopic (exact) mass is 473 g/mol. The SMILES string of the molecule is COc1ccc(S(=O)(=O)N2CCC(C(=O)Nc3ccccc3C(=O)NC(C)(C)C)CC2)cc1. The minimum atomic E-state index is -3.64. The van der Waals surface area contributed by atoms with E-state index in [1.54, 1.807) is 36.4 Å². The number of carbonyl (C=O) groups excluding carboxylic acids is 2. The molecule has 0 radical (unpaired) electrons. The number of nitrogens with zero attached hydrogens (tertiary/aromatic N) is 1. The first-order chi connectivity index (χ1) is 15.5. The van der Waals surface area contributed by atoms with Gasteiger partial charge in [0.05, 0.1) is 23.3 Å². The van der Waals surface area contributed by atoms with Crippen LogP contribution in [0, 0.1) is 5.92 Å². The van der Waals surface area contributed by atoms with E-state index in [1.165, 1.54) is 23.5 Å². The summed E-state index contributed by atoms with van der Waals surface area (Å²) in [5.74, 6) is -0.238. The van der Waals surface area contributed by atoms with Gasteiger partial charge in [0.25, 0.3) is 5.91 Å². The van der Waals surface area contributed by atoms with Crippen LogP contribution in [0.4, 0.5) is 5.69 Å². The van der Waals surface area contributed by atoms with Crippen LogP contribution in [0.3, 0.4) is 0 Å². The molecule has 1 aliphatic heterocycles. The summed E-state index contributed by atoms with van der Waals surface area (Å²) >= 11 is 0. The Kier molecular flexibility index (Phi) is 7.44. The minimum Gasteiger partial charge on any atom is -0.497 e. The smallest absolute Gasteiger partial charge is 0.253 e. The molecule has 178 valence electrons. The van der Waals surface area contributed by atoms with Crippen molar-refractivity contribution in [2.75, 3.05) is 25.5 Å². The van der Waals surface area contributed by atoms with Crippen LogP contribution in [-0.4, -0.2) is 50.3 Å². The van der Waals surface area contributed by atoms with Crippen molar-refractivity contribution in [1.29, 1.82) is 0 Å². The average Bonchev–Trinajstić information content (AvgIpc) is 2.78. The first-order valence-electron chi connectivity index (χ1n) is 10.9. The lowest BCUT2D eigenvalue weighted by Crippen LogP contribution is -2.42. The van der Waals surface area contributed by atoms with Gasteiger partial charge in [-0.15, -0.1) is 0 Å². The lowest BCUT2D eigenvalue weighted by atomic mass is 9.97. The molecule has 2 N–H and O–H groups in total. The van der Waals surface area contributed by atoms with Crippen LogP contribution in [-0.2, 0) is 14.8 Å². The van der Waals surface area contributed by atoms with Gasteiger partial charge in [-0.2, -0.15) is 4.31 Å². The second-order valence-electron chi connectivity index (χ2n) is 9.09. The highest BCUT2D eigenvalue weighted by Crippen LogP contribution is 2.26. The van der Waals surface area contributed by atoms with Gasteiger partial charge in [-0.3, -0.25) is 9.59 Å². The number of nitrogens with one attached hydrogen (secondary N) is 2. The van der Waals surface area contributed by atoms with Crippen molar-refractivity contribution in [2.45, 2.75) is 44.0 Å². The van der Waals surface area contributed by atoms with Crippen molar-refractivity contribution in [2.24, 2.45) is 5.92 Å². The number of carbonyl (C=O) groups is 2. The van der Waals surface area contributed by atoms with Crippen LogP contribution in [0.25, 0.3) is 0 Å². The molecule has 8 nitrogen and oxygen atoms in total. The summed E-state index contributed by atoms with van der Waals surface area (Å²) < 4.78 is 32.3. The van der Waals surface area contributed by atoms with Gasteiger partial charge in [0, 0.05) is 24.5 Å². The van der Waals surface area contributed by atoms with Crippen LogP contribution in [0.5, 0.6) is 5.75 Å². The maximum Gasteiger partial charge on any atom is 0.253 e. The normalized spacial score (nSPS) is 15.6. The summed E-state index contributed by atoms with van der Waals surface area (Å²) in [6.07, 6.45) is 0.801. The van der Waals surface area contributed by atoms with Gasteiger partial charge >= 0.3 is 0 Å². The third kappa shape index (κ3) is 6.11. The predicted molar refractivity (Wildman–Crippen MR) is 127 cm³/mol. The molecule has 33 heavy (non-hydrogen) atoms. The summed E-state index contributed by atoms with van der Waals surface area (Å²) in [5, 5.41) is 5.77. The summed E-state index contributed by atoms with van der Waals surface area (Å²) in [6, 6.07) is 13.1. The van der Waals surface area contributed by atoms with Crippen molar-refractivity contribution in [1.82, 2.24) is 9.62 Å². The highest BCUT2D eigenvalue weighted by molar-refractivity contribution is 7.89. The molecule has 2 aromatic rings. The third-order valence-corrected chi connectivity index (χ3v) is 7.35. The first kappa shape index (κ1) is 24.7.